The van der Waals surface area contributed by atoms with E-state index in [1.165, 1.54) is 11.3 Å². The number of carbonyl (C=O) groups excluding carboxylic acids is 1. The van der Waals surface area contributed by atoms with Crippen molar-refractivity contribution in [3.8, 4) is 0 Å². The Morgan fingerprint density at radius 3 is 2.00 bits per heavy atom. The molecule has 0 bridgehead atoms. The van der Waals surface area contributed by atoms with Gasteiger partial charge in [-0.3, -0.25) is 4.79 Å². The van der Waals surface area contributed by atoms with Crippen LogP contribution in [0.3, 0.4) is 0 Å². The van der Waals surface area contributed by atoms with Crippen LogP contribution < -0.4 is 10.2 Å². The Kier molecular flexibility index (Phi) is 6.04. The van der Waals surface area contributed by atoms with Crippen molar-refractivity contribution in [3.63, 3.8) is 0 Å². The molecule has 1 amide bonds. The van der Waals surface area contributed by atoms with Gasteiger partial charge in [-0.1, -0.05) is 30.3 Å². The zero-order chi connectivity index (χ0) is 21.2. The van der Waals surface area contributed by atoms with Gasteiger partial charge in [0.05, 0.1) is 11.1 Å². The van der Waals surface area contributed by atoms with Crippen LogP contribution in [0.2, 0.25) is 0 Å². The third-order valence-electron chi connectivity index (χ3n) is 5.83. The fraction of sp³-hybridized carbons (Fsp3) is 0.480. The van der Waals surface area contributed by atoms with Gasteiger partial charge in [0.2, 0.25) is 0 Å². The van der Waals surface area contributed by atoms with E-state index in [-0.39, 0.29) is 23.0 Å². The zero-order valence-corrected chi connectivity index (χ0v) is 18.8. The van der Waals surface area contributed by atoms with Crippen LogP contribution in [-0.2, 0) is 6.54 Å². The molecule has 1 aliphatic heterocycles. The maximum Gasteiger partial charge on any atom is 0.254 e. The van der Waals surface area contributed by atoms with Crippen LogP contribution in [0.25, 0.3) is 0 Å². The van der Waals surface area contributed by atoms with Crippen molar-refractivity contribution in [2.75, 3.05) is 19.0 Å². The van der Waals surface area contributed by atoms with Gasteiger partial charge in [-0.2, -0.15) is 0 Å². The summed E-state index contributed by atoms with van der Waals surface area (Å²) in [4.78, 5) is 17.8. The molecule has 0 aliphatic carbocycles. The molecule has 1 saturated heterocycles. The van der Waals surface area contributed by atoms with Gasteiger partial charge in [0, 0.05) is 50.8 Å². The average molecular weight is 395 g/mol. The van der Waals surface area contributed by atoms with Gasteiger partial charge in [-0.05, 0) is 57.5 Å². The van der Waals surface area contributed by atoms with Crippen molar-refractivity contribution < 1.29 is 10.1 Å². The highest BCUT2D eigenvalue weighted by Gasteiger charge is 2.44. The smallest absolute Gasteiger partial charge is 0.254 e. The normalized spacial score (nSPS) is 18.3. The van der Waals surface area contributed by atoms with Crippen molar-refractivity contribution in [2.24, 2.45) is 0 Å². The summed E-state index contributed by atoms with van der Waals surface area (Å²) in [6.07, 6.45) is 1.98. The van der Waals surface area contributed by atoms with Crippen LogP contribution in [0.1, 0.15) is 56.5 Å². The summed E-state index contributed by atoms with van der Waals surface area (Å²) in [5.41, 5.74) is 3.32. The third-order valence-corrected chi connectivity index (χ3v) is 5.83. The molecule has 156 valence electrons. The largest absolute Gasteiger partial charge is 0.378 e. The number of rotatable bonds is 5. The quantitative estimate of drug-likeness (QED) is 0.840. The lowest BCUT2D eigenvalue weighted by molar-refractivity contribution is -0.788. The first-order chi connectivity index (χ1) is 13.6. The molecule has 1 heterocycles. The lowest BCUT2D eigenvalue weighted by atomic mass is 9.78. The molecule has 0 unspecified atom stereocenters. The highest BCUT2D eigenvalue weighted by atomic mass is 16.2. The summed E-state index contributed by atoms with van der Waals surface area (Å²) in [5, 5.41) is 2.47. The summed E-state index contributed by atoms with van der Waals surface area (Å²) in [6, 6.07) is 18.5. The molecule has 2 aromatic carbocycles. The van der Waals surface area contributed by atoms with E-state index >= 15 is 0 Å². The van der Waals surface area contributed by atoms with Gasteiger partial charge in [-0.15, -0.1) is 0 Å². The Hall–Kier alpha value is -2.33. The van der Waals surface area contributed by atoms with E-state index in [2.05, 4.69) is 67.1 Å². The number of carbonyl (C=O) groups is 1. The van der Waals surface area contributed by atoms with Crippen LogP contribution >= 0.6 is 0 Å². The van der Waals surface area contributed by atoms with E-state index in [4.69, 9.17) is 0 Å². The number of hydrogen-bond acceptors (Lipinski definition) is 2. The number of piperidine rings is 1. The van der Waals surface area contributed by atoms with Crippen molar-refractivity contribution in [1.82, 2.24) is 4.90 Å². The Morgan fingerprint density at radius 1 is 0.931 bits per heavy atom. The average Bonchev–Trinajstić information content (AvgIpc) is 2.64. The predicted octanol–water partition coefficient (Wildman–Crippen LogP) is 3.68. The molecule has 4 heteroatoms. The van der Waals surface area contributed by atoms with Crippen molar-refractivity contribution in [1.29, 1.82) is 0 Å². The minimum atomic E-state index is 0.108. The molecule has 0 radical (unpaired) electrons. The van der Waals surface area contributed by atoms with Crippen LogP contribution in [0.4, 0.5) is 5.69 Å². The lowest BCUT2D eigenvalue weighted by Gasteiger charge is -2.46. The number of anilines is 1. The molecule has 0 aromatic heterocycles. The minimum Gasteiger partial charge on any atom is -0.378 e. The molecule has 1 fully saturated rings. The molecule has 0 atom stereocenters. The van der Waals surface area contributed by atoms with Gasteiger partial charge in [0.1, 0.15) is 0 Å². The minimum absolute atomic E-state index is 0.108. The summed E-state index contributed by atoms with van der Waals surface area (Å²) >= 11 is 0. The second kappa shape index (κ2) is 8.19. The molecule has 3 rings (SSSR count). The summed E-state index contributed by atoms with van der Waals surface area (Å²) in [6.45, 7) is 9.80. The molecular formula is C25H36N3O+. The second-order valence-electron chi connectivity index (χ2n) is 10.0. The predicted molar refractivity (Wildman–Crippen MR) is 120 cm³/mol. The van der Waals surface area contributed by atoms with E-state index in [0.717, 1.165) is 18.4 Å². The topological polar surface area (TPSA) is 40.2 Å². The van der Waals surface area contributed by atoms with Gasteiger partial charge in [0.25, 0.3) is 5.91 Å². The van der Waals surface area contributed by atoms with Gasteiger partial charge < -0.3 is 15.1 Å². The van der Waals surface area contributed by atoms with Crippen molar-refractivity contribution in [2.45, 2.75) is 64.2 Å². The Bertz CT molecular complexity index is 809. The standard InChI is InChI=1S/C25H35N3O/c1-24(2)16-22(17-25(3,4)26-24)28(23(29)20-10-8-7-9-11-20)18-19-12-14-21(15-13-19)27(5)6/h7-15,22,26H,16-18H2,1-6H3/p+1. The summed E-state index contributed by atoms with van der Waals surface area (Å²) in [5.74, 6) is 0.126. The number of quaternary nitrogens is 1. The molecule has 1 aliphatic rings. The van der Waals surface area contributed by atoms with E-state index < -0.39 is 0 Å². The van der Waals surface area contributed by atoms with Crippen LogP contribution in [0, 0.1) is 0 Å². The number of benzene rings is 2. The SMILES string of the molecule is CN(C)c1ccc(CN(C(=O)c2ccccc2)C2CC(C)(C)[NH2+]C(C)(C)C2)cc1. The van der Waals surface area contributed by atoms with Crippen molar-refractivity contribution in [3.05, 3.63) is 65.7 Å². The van der Waals surface area contributed by atoms with E-state index in [9.17, 15) is 4.79 Å². The monoisotopic (exact) mass is 394 g/mol. The first-order valence-corrected chi connectivity index (χ1v) is 10.6. The highest BCUT2D eigenvalue weighted by molar-refractivity contribution is 5.94. The fourth-order valence-corrected chi connectivity index (χ4v) is 4.89. The first kappa shape index (κ1) is 21.4. The fourth-order valence-electron chi connectivity index (χ4n) is 4.89. The third kappa shape index (κ3) is 5.39. The molecule has 2 N–H and O–H groups in total. The molecule has 29 heavy (non-hydrogen) atoms. The van der Waals surface area contributed by atoms with Gasteiger partial charge >= 0.3 is 0 Å². The number of hydrogen-bond donors (Lipinski definition) is 1. The zero-order valence-electron chi connectivity index (χ0n) is 18.8. The maximum absolute atomic E-state index is 13.6. The maximum atomic E-state index is 13.6. The molecule has 0 spiro atoms. The highest BCUT2D eigenvalue weighted by Crippen LogP contribution is 2.28. The molecular weight excluding hydrogens is 358 g/mol. The summed E-state index contributed by atoms with van der Waals surface area (Å²) < 4.78 is 0. The Morgan fingerprint density at radius 2 is 1.48 bits per heavy atom. The van der Waals surface area contributed by atoms with Crippen LogP contribution in [-0.4, -0.2) is 42.0 Å². The Labute approximate surface area is 175 Å². The van der Waals surface area contributed by atoms with Crippen molar-refractivity contribution >= 4 is 11.6 Å². The van der Waals surface area contributed by atoms with E-state index in [0.29, 0.717) is 6.54 Å². The van der Waals surface area contributed by atoms with E-state index in [1.807, 2.05) is 44.4 Å². The van der Waals surface area contributed by atoms with Crippen LogP contribution in [0.5, 0.6) is 0 Å². The van der Waals surface area contributed by atoms with Crippen LogP contribution in [0.15, 0.2) is 54.6 Å². The second-order valence-corrected chi connectivity index (χ2v) is 10.0. The first-order valence-electron chi connectivity index (χ1n) is 10.6. The molecule has 2 aromatic rings. The number of amides is 1. The Balaban J connectivity index is 1.92. The lowest BCUT2D eigenvalue weighted by Crippen LogP contribution is -3.06. The number of nitrogens with zero attached hydrogens (tertiary/aromatic N) is 2. The van der Waals surface area contributed by atoms with E-state index in [1.54, 1.807) is 0 Å². The molecule has 0 saturated carbocycles. The van der Waals surface area contributed by atoms with Gasteiger partial charge in [-0.25, -0.2) is 0 Å². The molecule has 4 nitrogen and oxygen atoms in total. The van der Waals surface area contributed by atoms with Gasteiger partial charge in [0.15, 0.2) is 0 Å². The number of nitrogens with two attached hydrogens (primary N) is 1. The summed E-state index contributed by atoms with van der Waals surface area (Å²) in [7, 11) is 4.09.